The number of sulfonamides is 1. The van der Waals surface area contributed by atoms with Crippen LogP contribution in [0.4, 0.5) is 5.69 Å². The largest absolute Gasteiger partial charge is 0.325 e. The third kappa shape index (κ3) is 4.78. The third-order valence-electron chi connectivity index (χ3n) is 3.70. The lowest BCUT2D eigenvalue weighted by Gasteiger charge is -2.18. The molecule has 1 heterocycles. The Hall–Kier alpha value is -2.48. The van der Waals surface area contributed by atoms with Gasteiger partial charge in [0.05, 0.1) is 0 Å². The van der Waals surface area contributed by atoms with Gasteiger partial charge in [-0.15, -0.1) is 11.3 Å². The maximum Gasteiger partial charge on any atom is 0.250 e. The van der Waals surface area contributed by atoms with Gasteiger partial charge < -0.3 is 5.32 Å². The van der Waals surface area contributed by atoms with Crippen LogP contribution < -0.4 is 10.0 Å². The fourth-order valence-electron chi connectivity index (χ4n) is 2.45. The van der Waals surface area contributed by atoms with Gasteiger partial charge in [0.15, 0.2) is 0 Å². The number of nitrogens with one attached hydrogen (secondary N) is 2. The molecular formula is C19H18N2O3S2. The predicted molar refractivity (Wildman–Crippen MR) is 104 cm³/mol. The summed E-state index contributed by atoms with van der Waals surface area (Å²) >= 11 is 1.11. The summed E-state index contributed by atoms with van der Waals surface area (Å²) < 4.78 is 27.9. The van der Waals surface area contributed by atoms with Gasteiger partial charge in [-0.25, -0.2) is 8.42 Å². The Balaban J connectivity index is 1.82. The maximum absolute atomic E-state index is 12.7. The van der Waals surface area contributed by atoms with Crippen molar-refractivity contribution in [2.45, 2.75) is 16.7 Å². The minimum absolute atomic E-state index is 0.183. The molecule has 7 heteroatoms. The van der Waals surface area contributed by atoms with Crippen LogP contribution in [0.2, 0.25) is 0 Å². The molecule has 3 aromatic rings. The Kier molecular flexibility index (Phi) is 5.82. The van der Waals surface area contributed by atoms with Crippen LogP contribution in [0.5, 0.6) is 0 Å². The number of anilines is 1. The zero-order chi connectivity index (χ0) is 18.4. The number of benzene rings is 2. The molecule has 2 aromatic carbocycles. The van der Waals surface area contributed by atoms with E-state index < -0.39 is 22.0 Å². The van der Waals surface area contributed by atoms with E-state index in [1.165, 1.54) is 6.07 Å². The van der Waals surface area contributed by atoms with Gasteiger partial charge >= 0.3 is 0 Å². The summed E-state index contributed by atoms with van der Waals surface area (Å²) in [5.74, 6) is -0.403. The summed E-state index contributed by atoms with van der Waals surface area (Å²) in [6.07, 6.45) is 0.254. The molecule has 0 fully saturated rings. The fraction of sp³-hybridized carbons (Fsp3) is 0.105. The summed E-state index contributed by atoms with van der Waals surface area (Å²) in [7, 11) is -3.77. The second kappa shape index (κ2) is 8.27. The van der Waals surface area contributed by atoms with Crippen LogP contribution in [-0.2, 0) is 21.2 Å². The number of thiophene rings is 1. The molecular weight excluding hydrogens is 368 g/mol. The van der Waals surface area contributed by atoms with Crippen molar-refractivity contribution < 1.29 is 13.2 Å². The normalized spacial score (nSPS) is 12.5. The molecule has 1 atom stereocenters. The van der Waals surface area contributed by atoms with Gasteiger partial charge in [0, 0.05) is 5.69 Å². The first-order chi connectivity index (χ1) is 12.5. The molecule has 0 saturated heterocycles. The SMILES string of the molecule is O=C(Nc1ccccc1)[C@@H](Cc1ccccc1)NS(=O)(=O)c1cccs1. The molecule has 0 spiro atoms. The number of hydrogen-bond acceptors (Lipinski definition) is 4. The molecule has 1 amide bonds. The second-order valence-corrected chi connectivity index (χ2v) is 8.54. The van der Waals surface area contributed by atoms with E-state index in [0.717, 1.165) is 16.9 Å². The first kappa shape index (κ1) is 18.3. The van der Waals surface area contributed by atoms with Gasteiger partial charge in [0.2, 0.25) is 5.91 Å². The summed E-state index contributed by atoms with van der Waals surface area (Å²) in [5, 5.41) is 4.45. The van der Waals surface area contributed by atoms with E-state index >= 15 is 0 Å². The monoisotopic (exact) mass is 386 g/mol. The van der Waals surface area contributed by atoms with E-state index in [2.05, 4.69) is 10.0 Å². The number of para-hydroxylation sites is 1. The second-order valence-electron chi connectivity index (χ2n) is 5.65. The van der Waals surface area contributed by atoms with Crippen LogP contribution in [0, 0.1) is 0 Å². The van der Waals surface area contributed by atoms with Crippen LogP contribution in [0.1, 0.15) is 5.56 Å². The van der Waals surface area contributed by atoms with Gasteiger partial charge in [-0.3, -0.25) is 4.79 Å². The van der Waals surface area contributed by atoms with Crippen molar-refractivity contribution in [1.82, 2.24) is 4.72 Å². The van der Waals surface area contributed by atoms with Crippen LogP contribution >= 0.6 is 11.3 Å². The molecule has 0 aliphatic rings. The highest BCUT2D eigenvalue weighted by Crippen LogP contribution is 2.17. The van der Waals surface area contributed by atoms with Crippen molar-refractivity contribution in [1.29, 1.82) is 0 Å². The summed E-state index contributed by atoms with van der Waals surface area (Å²) in [5.41, 5.74) is 1.49. The van der Waals surface area contributed by atoms with Crippen LogP contribution in [0.15, 0.2) is 82.4 Å². The third-order valence-corrected chi connectivity index (χ3v) is 6.57. The van der Waals surface area contributed by atoms with Crippen LogP contribution in [-0.4, -0.2) is 20.4 Å². The van der Waals surface area contributed by atoms with Gasteiger partial charge in [0.1, 0.15) is 10.3 Å². The van der Waals surface area contributed by atoms with E-state index in [4.69, 9.17) is 0 Å². The van der Waals surface area contributed by atoms with Crippen molar-refractivity contribution in [3.05, 3.63) is 83.7 Å². The molecule has 0 unspecified atom stereocenters. The van der Waals surface area contributed by atoms with E-state index in [1.54, 1.807) is 35.7 Å². The molecule has 134 valence electrons. The highest BCUT2D eigenvalue weighted by molar-refractivity contribution is 7.91. The molecule has 0 radical (unpaired) electrons. The average molecular weight is 386 g/mol. The van der Waals surface area contributed by atoms with E-state index in [-0.39, 0.29) is 10.6 Å². The lowest BCUT2D eigenvalue weighted by Crippen LogP contribution is -2.45. The predicted octanol–water partition coefficient (Wildman–Crippen LogP) is 3.28. The topological polar surface area (TPSA) is 75.3 Å². The average Bonchev–Trinajstić information content (AvgIpc) is 3.18. The standard InChI is InChI=1S/C19H18N2O3S2/c22-19(20-16-10-5-2-6-11-16)17(14-15-8-3-1-4-9-15)21-26(23,24)18-12-7-13-25-18/h1-13,17,21H,14H2,(H,20,22)/t17-/m1/s1. The summed E-state index contributed by atoms with van der Waals surface area (Å²) in [6.45, 7) is 0. The molecule has 0 bridgehead atoms. The van der Waals surface area contributed by atoms with Gasteiger partial charge in [-0.1, -0.05) is 54.6 Å². The Bertz CT molecular complexity index is 941. The number of carbonyl (C=O) groups is 1. The first-order valence-corrected chi connectivity index (χ1v) is 10.4. The van der Waals surface area contributed by atoms with E-state index in [1.807, 2.05) is 36.4 Å². The molecule has 0 saturated carbocycles. The van der Waals surface area contributed by atoms with Crippen molar-refractivity contribution in [3.8, 4) is 0 Å². The van der Waals surface area contributed by atoms with Crippen LogP contribution in [0.3, 0.4) is 0 Å². The fourth-order valence-corrected chi connectivity index (χ4v) is 4.66. The molecule has 3 rings (SSSR count). The lowest BCUT2D eigenvalue weighted by molar-refractivity contribution is -0.117. The van der Waals surface area contributed by atoms with Crippen molar-refractivity contribution in [2.75, 3.05) is 5.32 Å². The zero-order valence-corrected chi connectivity index (χ0v) is 15.5. The summed E-state index contributed by atoms with van der Waals surface area (Å²) in [6, 6.07) is 20.5. The molecule has 1 aromatic heterocycles. The number of hydrogen-bond donors (Lipinski definition) is 2. The summed E-state index contributed by atoms with van der Waals surface area (Å²) in [4.78, 5) is 12.7. The van der Waals surface area contributed by atoms with E-state index in [0.29, 0.717) is 5.69 Å². The molecule has 0 aliphatic carbocycles. The quantitative estimate of drug-likeness (QED) is 0.654. The Morgan fingerprint density at radius 3 is 2.19 bits per heavy atom. The van der Waals surface area contributed by atoms with Gasteiger partial charge in [0.25, 0.3) is 10.0 Å². The minimum atomic E-state index is -3.77. The van der Waals surface area contributed by atoms with E-state index in [9.17, 15) is 13.2 Å². The van der Waals surface area contributed by atoms with Gasteiger partial charge in [-0.05, 0) is 35.6 Å². The van der Waals surface area contributed by atoms with Crippen LogP contribution in [0.25, 0.3) is 0 Å². The Morgan fingerprint density at radius 1 is 0.923 bits per heavy atom. The van der Waals surface area contributed by atoms with Crippen molar-refractivity contribution >= 4 is 33.0 Å². The van der Waals surface area contributed by atoms with Crippen molar-refractivity contribution in [3.63, 3.8) is 0 Å². The minimum Gasteiger partial charge on any atom is -0.325 e. The Morgan fingerprint density at radius 2 is 1.58 bits per heavy atom. The number of amides is 1. The molecule has 0 aliphatic heterocycles. The smallest absolute Gasteiger partial charge is 0.250 e. The van der Waals surface area contributed by atoms with Crippen molar-refractivity contribution in [2.24, 2.45) is 0 Å². The molecule has 5 nitrogen and oxygen atoms in total. The molecule has 2 N–H and O–H groups in total. The Labute approximate surface area is 156 Å². The molecule has 26 heavy (non-hydrogen) atoms. The number of rotatable bonds is 7. The van der Waals surface area contributed by atoms with Gasteiger partial charge in [-0.2, -0.15) is 4.72 Å². The maximum atomic E-state index is 12.7. The highest BCUT2D eigenvalue weighted by atomic mass is 32.2. The highest BCUT2D eigenvalue weighted by Gasteiger charge is 2.26. The lowest BCUT2D eigenvalue weighted by atomic mass is 10.1. The zero-order valence-electron chi connectivity index (χ0n) is 13.8. The number of carbonyl (C=O) groups excluding carboxylic acids is 1. The first-order valence-electron chi connectivity index (χ1n) is 8.00.